The maximum Gasteiger partial charge on any atom is 0.417 e. The summed E-state index contributed by atoms with van der Waals surface area (Å²) in [6.45, 7) is 5.23. The Hall–Kier alpha value is -2.03. The van der Waals surface area contributed by atoms with Crippen LogP contribution in [0.1, 0.15) is 38.2 Å². The molecule has 0 aromatic carbocycles. The van der Waals surface area contributed by atoms with Gasteiger partial charge in [-0.3, -0.25) is 0 Å². The molecule has 2 saturated heterocycles. The van der Waals surface area contributed by atoms with E-state index in [1.54, 1.807) is 4.90 Å². The smallest absolute Gasteiger partial charge is 0.376 e. The van der Waals surface area contributed by atoms with E-state index < -0.39 is 11.7 Å². The van der Waals surface area contributed by atoms with Gasteiger partial charge in [0.15, 0.2) is 0 Å². The number of hydrogen-bond donors (Lipinski definition) is 1. The van der Waals surface area contributed by atoms with Crippen LogP contribution in [-0.4, -0.2) is 60.8 Å². The highest BCUT2D eigenvalue weighted by Gasteiger charge is 2.31. The van der Waals surface area contributed by atoms with Crippen LogP contribution >= 0.6 is 0 Å². The molecule has 1 N–H and O–H groups in total. The number of piperidine rings is 1. The molecule has 0 saturated carbocycles. The number of hydrogen-bond acceptors (Lipinski definition) is 4. The standard InChI is InChI=1S/C19H27F3N4O2/c1-2-25(13-16-4-3-11-28-16)18(27)24-15-7-9-26(10-8-15)17-6-5-14(12-23-17)19(20,21)22/h5-6,12,15-16H,2-4,7-11,13H2,1H3,(H,24,27). The van der Waals surface area contributed by atoms with Gasteiger partial charge in [-0.25, -0.2) is 9.78 Å². The van der Waals surface area contributed by atoms with Crippen LogP contribution in [0.3, 0.4) is 0 Å². The molecule has 2 aliphatic heterocycles. The van der Waals surface area contributed by atoms with Crippen LogP contribution in [-0.2, 0) is 10.9 Å². The maximum atomic E-state index is 12.7. The first kappa shape index (κ1) is 20.7. The quantitative estimate of drug-likeness (QED) is 0.824. The highest BCUT2D eigenvalue weighted by molar-refractivity contribution is 5.74. The number of urea groups is 1. The van der Waals surface area contributed by atoms with Crippen LogP contribution in [0.4, 0.5) is 23.8 Å². The summed E-state index contributed by atoms with van der Waals surface area (Å²) in [5.41, 5.74) is -0.746. The third kappa shape index (κ3) is 5.27. The van der Waals surface area contributed by atoms with Gasteiger partial charge >= 0.3 is 12.2 Å². The lowest BCUT2D eigenvalue weighted by Crippen LogP contribution is -2.50. The average Bonchev–Trinajstić information content (AvgIpc) is 3.19. The SMILES string of the molecule is CCN(CC1CCCO1)C(=O)NC1CCN(c2ccc(C(F)(F)F)cn2)CC1. The normalized spacial score (nSPS) is 21.0. The molecule has 156 valence electrons. The van der Waals surface area contributed by atoms with Gasteiger partial charge in [0.1, 0.15) is 5.82 Å². The molecule has 1 aromatic rings. The zero-order valence-electron chi connectivity index (χ0n) is 16.0. The Balaban J connectivity index is 1.47. The molecule has 1 aromatic heterocycles. The molecule has 2 fully saturated rings. The van der Waals surface area contributed by atoms with Gasteiger partial charge < -0.3 is 19.9 Å². The lowest BCUT2D eigenvalue weighted by Gasteiger charge is -2.34. The van der Waals surface area contributed by atoms with Crippen molar-refractivity contribution >= 4 is 11.8 Å². The fraction of sp³-hybridized carbons (Fsp3) is 0.684. The largest absolute Gasteiger partial charge is 0.417 e. The van der Waals surface area contributed by atoms with Gasteiger partial charge in [0.25, 0.3) is 0 Å². The number of ether oxygens (including phenoxy) is 1. The molecule has 9 heteroatoms. The van der Waals surface area contributed by atoms with Crippen LogP contribution in [0.5, 0.6) is 0 Å². The second-order valence-electron chi connectivity index (χ2n) is 7.29. The monoisotopic (exact) mass is 400 g/mol. The van der Waals surface area contributed by atoms with Gasteiger partial charge in [0, 0.05) is 45.0 Å². The minimum absolute atomic E-state index is 0.0525. The number of halogens is 3. The zero-order chi connectivity index (χ0) is 20.1. The van der Waals surface area contributed by atoms with Crippen molar-refractivity contribution in [3.05, 3.63) is 23.9 Å². The third-order valence-electron chi connectivity index (χ3n) is 5.34. The average molecular weight is 400 g/mol. The Labute approximate surface area is 163 Å². The van der Waals surface area contributed by atoms with E-state index in [0.717, 1.165) is 44.6 Å². The van der Waals surface area contributed by atoms with Crippen molar-refractivity contribution in [3.63, 3.8) is 0 Å². The van der Waals surface area contributed by atoms with Gasteiger partial charge in [-0.15, -0.1) is 0 Å². The first-order valence-corrected chi connectivity index (χ1v) is 9.82. The van der Waals surface area contributed by atoms with E-state index in [-0.39, 0.29) is 18.2 Å². The van der Waals surface area contributed by atoms with E-state index >= 15 is 0 Å². The Morgan fingerprint density at radius 2 is 2.07 bits per heavy atom. The van der Waals surface area contributed by atoms with Crippen LogP contribution in [0, 0.1) is 0 Å². The number of anilines is 1. The molecule has 1 unspecified atom stereocenters. The number of alkyl halides is 3. The molecule has 0 spiro atoms. The predicted octanol–water partition coefficient (Wildman–Crippen LogP) is 3.28. The Bertz CT molecular complexity index is 640. The second kappa shape index (κ2) is 8.98. The summed E-state index contributed by atoms with van der Waals surface area (Å²) in [6.07, 6.45) is 0.101. The van der Waals surface area contributed by atoms with Gasteiger partial charge in [0.2, 0.25) is 0 Å². The summed E-state index contributed by atoms with van der Waals surface area (Å²) in [6, 6.07) is 2.43. The Morgan fingerprint density at radius 3 is 2.61 bits per heavy atom. The summed E-state index contributed by atoms with van der Waals surface area (Å²) >= 11 is 0. The maximum absolute atomic E-state index is 12.7. The highest BCUT2D eigenvalue weighted by Crippen LogP contribution is 2.29. The van der Waals surface area contributed by atoms with Crippen molar-refractivity contribution in [1.29, 1.82) is 0 Å². The molecule has 6 nitrogen and oxygen atoms in total. The predicted molar refractivity (Wildman–Crippen MR) is 99.2 cm³/mol. The van der Waals surface area contributed by atoms with Crippen LogP contribution in [0.25, 0.3) is 0 Å². The van der Waals surface area contributed by atoms with Crippen molar-refractivity contribution in [1.82, 2.24) is 15.2 Å². The summed E-state index contributed by atoms with van der Waals surface area (Å²) in [5.74, 6) is 0.534. The third-order valence-corrected chi connectivity index (χ3v) is 5.34. The van der Waals surface area contributed by atoms with E-state index in [9.17, 15) is 18.0 Å². The summed E-state index contributed by atoms with van der Waals surface area (Å²) in [4.78, 5) is 20.2. The van der Waals surface area contributed by atoms with Gasteiger partial charge in [-0.1, -0.05) is 0 Å². The number of carbonyl (C=O) groups is 1. The highest BCUT2D eigenvalue weighted by atomic mass is 19.4. The summed E-state index contributed by atoms with van der Waals surface area (Å²) in [5, 5.41) is 3.08. The van der Waals surface area contributed by atoms with E-state index in [0.29, 0.717) is 32.0 Å². The van der Waals surface area contributed by atoms with Crippen molar-refractivity contribution < 1.29 is 22.7 Å². The molecule has 28 heavy (non-hydrogen) atoms. The van der Waals surface area contributed by atoms with Crippen LogP contribution < -0.4 is 10.2 Å². The molecule has 1 atom stereocenters. The minimum Gasteiger partial charge on any atom is -0.376 e. The molecular weight excluding hydrogens is 373 g/mol. The lowest BCUT2D eigenvalue weighted by molar-refractivity contribution is -0.137. The van der Waals surface area contributed by atoms with Crippen LogP contribution in [0.2, 0.25) is 0 Å². The first-order valence-electron chi connectivity index (χ1n) is 9.82. The summed E-state index contributed by atoms with van der Waals surface area (Å²) in [7, 11) is 0. The number of pyridine rings is 1. The minimum atomic E-state index is -4.38. The number of nitrogens with one attached hydrogen (secondary N) is 1. The molecule has 2 aliphatic rings. The number of carbonyl (C=O) groups excluding carboxylic acids is 1. The van der Waals surface area contributed by atoms with Crippen molar-refractivity contribution in [2.45, 2.75) is 50.9 Å². The molecule has 2 amide bonds. The number of rotatable bonds is 5. The second-order valence-corrected chi connectivity index (χ2v) is 7.29. The van der Waals surface area contributed by atoms with E-state index in [1.165, 1.54) is 6.07 Å². The van der Waals surface area contributed by atoms with Crippen molar-refractivity contribution in [2.75, 3.05) is 37.7 Å². The fourth-order valence-corrected chi connectivity index (χ4v) is 3.65. The number of nitrogens with zero attached hydrogens (tertiary/aromatic N) is 3. The molecule has 0 bridgehead atoms. The Morgan fingerprint density at radius 1 is 1.32 bits per heavy atom. The molecule has 0 radical (unpaired) electrons. The lowest BCUT2D eigenvalue weighted by atomic mass is 10.1. The molecular formula is C19H27F3N4O2. The van der Waals surface area contributed by atoms with Gasteiger partial charge in [0.05, 0.1) is 11.7 Å². The van der Waals surface area contributed by atoms with E-state index in [1.807, 2.05) is 11.8 Å². The molecule has 0 aliphatic carbocycles. The van der Waals surface area contributed by atoms with E-state index in [2.05, 4.69) is 10.3 Å². The van der Waals surface area contributed by atoms with Gasteiger partial charge in [-0.05, 0) is 44.7 Å². The Kier molecular flexibility index (Phi) is 6.64. The zero-order valence-corrected chi connectivity index (χ0v) is 16.0. The molecule has 3 heterocycles. The molecule has 3 rings (SSSR count). The number of likely N-dealkylation sites (N-methyl/N-ethyl adjacent to an activating group) is 1. The number of aromatic nitrogens is 1. The first-order chi connectivity index (χ1) is 13.4. The van der Waals surface area contributed by atoms with Gasteiger partial charge in [-0.2, -0.15) is 13.2 Å². The number of amides is 2. The fourth-order valence-electron chi connectivity index (χ4n) is 3.65. The topological polar surface area (TPSA) is 57.7 Å². The summed E-state index contributed by atoms with van der Waals surface area (Å²) < 4.78 is 43.6. The van der Waals surface area contributed by atoms with Crippen LogP contribution in [0.15, 0.2) is 18.3 Å². The van der Waals surface area contributed by atoms with Crippen molar-refractivity contribution in [2.24, 2.45) is 0 Å². The van der Waals surface area contributed by atoms with E-state index in [4.69, 9.17) is 4.74 Å². The van der Waals surface area contributed by atoms with Crippen molar-refractivity contribution in [3.8, 4) is 0 Å².